The maximum absolute atomic E-state index is 14.1. The number of hydrogen-bond donors (Lipinski definition) is 2. The van der Waals surface area contributed by atoms with Crippen LogP contribution in [0.5, 0.6) is 0 Å². The highest BCUT2D eigenvalue weighted by Crippen LogP contribution is 2.33. The smallest absolute Gasteiger partial charge is 0.150 e. The topological polar surface area (TPSA) is 60.2 Å². The molecule has 1 heterocycles. The van der Waals surface area contributed by atoms with E-state index in [1.807, 2.05) is 13.0 Å². The van der Waals surface area contributed by atoms with Crippen LogP contribution in [0.15, 0.2) is 24.4 Å². The molecule has 0 spiro atoms. The van der Waals surface area contributed by atoms with Gasteiger partial charge in [0.15, 0.2) is 5.82 Å². The summed E-state index contributed by atoms with van der Waals surface area (Å²) in [5.74, 6) is -0.353. The number of nitrogens with one attached hydrogen (secondary N) is 1. The maximum atomic E-state index is 14.1. The van der Waals surface area contributed by atoms with E-state index in [9.17, 15) is 4.39 Å². The minimum absolute atomic E-state index is 0.231. The third-order valence-electron chi connectivity index (χ3n) is 3.72. The van der Waals surface area contributed by atoms with Gasteiger partial charge in [-0.05, 0) is 38.0 Å². The van der Waals surface area contributed by atoms with Crippen molar-refractivity contribution >= 4 is 22.3 Å². The number of benzene rings is 1. The molecule has 1 aliphatic carbocycles. The Labute approximate surface area is 117 Å². The number of aromatic nitrogens is 1. The second-order valence-corrected chi connectivity index (χ2v) is 5.11. The van der Waals surface area contributed by atoms with E-state index in [-0.39, 0.29) is 18.0 Å². The molecule has 1 aromatic carbocycles. The van der Waals surface area contributed by atoms with E-state index < -0.39 is 0 Å². The standard InChI is InChI=1S/C15H18FN3O/c1-2-20-10-6-9(7-10)19-15-12(16)8-13(17)11-4-3-5-18-14(11)15/h3-5,8-10,19H,2,6-7,17H2,1H3. The first-order chi connectivity index (χ1) is 9.69. The van der Waals surface area contributed by atoms with Gasteiger partial charge in [0.2, 0.25) is 0 Å². The van der Waals surface area contributed by atoms with Crippen molar-refractivity contribution in [2.24, 2.45) is 0 Å². The number of nitrogen functional groups attached to an aromatic ring is 1. The van der Waals surface area contributed by atoms with E-state index in [1.165, 1.54) is 6.07 Å². The van der Waals surface area contributed by atoms with Gasteiger partial charge in [-0.15, -0.1) is 0 Å². The zero-order valence-electron chi connectivity index (χ0n) is 11.4. The Balaban J connectivity index is 1.85. The lowest BCUT2D eigenvalue weighted by atomic mass is 9.89. The van der Waals surface area contributed by atoms with Gasteiger partial charge in [0.05, 0.1) is 17.3 Å². The average molecular weight is 275 g/mol. The molecule has 2 aromatic rings. The van der Waals surface area contributed by atoms with Crippen molar-refractivity contribution in [1.29, 1.82) is 0 Å². The molecule has 20 heavy (non-hydrogen) atoms. The average Bonchev–Trinajstić information content (AvgIpc) is 2.40. The van der Waals surface area contributed by atoms with Gasteiger partial charge in [-0.25, -0.2) is 4.39 Å². The highest BCUT2D eigenvalue weighted by atomic mass is 19.1. The molecule has 0 saturated heterocycles. The number of anilines is 2. The number of ether oxygens (including phenoxy) is 1. The van der Waals surface area contributed by atoms with Gasteiger partial charge >= 0.3 is 0 Å². The molecule has 4 nitrogen and oxygen atoms in total. The lowest BCUT2D eigenvalue weighted by Gasteiger charge is -2.36. The fourth-order valence-corrected chi connectivity index (χ4v) is 2.63. The summed E-state index contributed by atoms with van der Waals surface area (Å²) in [4.78, 5) is 4.26. The van der Waals surface area contributed by atoms with Gasteiger partial charge in [-0.2, -0.15) is 0 Å². The molecule has 1 aliphatic rings. The number of nitrogens with zero attached hydrogens (tertiary/aromatic N) is 1. The lowest BCUT2D eigenvalue weighted by Crippen LogP contribution is -2.41. The first-order valence-corrected chi connectivity index (χ1v) is 6.90. The fourth-order valence-electron chi connectivity index (χ4n) is 2.63. The summed E-state index contributed by atoms with van der Waals surface area (Å²) in [6.45, 7) is 2.70. The molecule has 0 aliphatic heterocycles. The van der Waals surface area contributed by atoms with Crippen LogP contribution in [0.1, 0.15) is 19.8 Å². The number of rotatable bonds is 4. The third-order valence-corrected chi connectivity index (χ3v) is 3.72. The Morgan fingerprint density at radius 2 is 2.30 bits per heavy atom. The SMILES string of the molecule is CCOC1CC(Nc2c(F)cc(N)c3cccnc23)C1. The number of halogens is 1. The summed E-state index contributed by atoms with van der Waals surface area (Å²) in [6.07, 6.45) is 3.72. The van der Waals surface area contributed by atoms with Crippen LogP contribution in [0.2, 0.25) is 0 Å². The fraction of sp³-hybridized carbons (Fsp3) is 0.400. The number of fused-ring (bicyclic) bond motifs is 1. The second-order valence-electron chi connectivity index (χ2n) is 5.11. The van der Waals surface area contributed by atoms with Crippen molar-refractivity contribution in [2.45, 2.75) is 31.9 Å². The van der Waals surface area contributed by atoms with E-state index in [0.717, 1.165) is 24.8 Å². The van der Waals surface area contributed by atoms with Crippen molar-refractivity contribution < 1.29 is 9.13 Å². The number of pyridine rings is 1. The van der Waals surface area contributed by atoms with E-state index in [4.69, 9.17) is 10.5 Å². The van der Waals surface area contributed by atoms with Gasteiger partial charge in [0.1, 0.15) is 0 Å². The molecule has 3 rings (SSSR count). The molecule has 1 fully saturated rings. The van der Waals surface area contributed by atoms with Crippen LogP contribution in [0.25, 0.3) is 10.9 Å². The molecule has 106 valence electrons. The molecule has 1 saturated carbocycles. The van der Waals surface area contributed by atoms with Crippen molar-refractivity contribution in [3.63, 3.8) is 0 Å². The molecule has 3 N–H and O–H groups in total. The van der Waals surface area contributed by atoms with E-state index in [0.29, 0.717) is 16.9 Å². The zero-order chi connectivity index (χ0) is 14.1. The molecule has 5 heteroatoms. The van der Waals surface area contributed by atoms with Crippen molar-refractivity contribution in [1.82, 2.24) is 4.98 Å². The summed E-state index contributed by atoms with van der Waals surface area (Å²) >= 11 is 0. The molecular formula is C15H18FN3O. The first kappa shape index (κ1) is 13.1. The minimum atomic E-state index is -0.353. The zero-order valence-corrected chi connectivity index (χ0v) is 11.4. The van der Waals surface area contributed by atoms with Gasteiger partial charge < -0.3 is 15.8 Å². The Bertz CT molecular complexity index is 626. The van der Waals surface area contributed by atoms with Crippen LogP contribution in [0, 0.1) is 5.82 Å². The highest BCUT2D eigenvalue weighted by Gasteiger charge is 2.30. The van der Waals surface area contributed by atoms with E-state index in [1.54, 1.807) is 12.3 Å². The van der Waals surface area contributed by atoms with Gasteiger partial charge in [-0.3, -0.25) is 4.98 Å². The second kappa shape index (κ2) is 5.25. The summed E-state index contributed by atoms with van der Waals surface area (Å²) in [5, 5.41) is 4.01. The minimum Gasteiger partial charge on any atom is -0.398 e. The third kappa shape index (κ3) is 2.29. The summed E-state index contributed by atoms with van der Waals surface area (Å²) < 4.78 is 19.6. The van der Waals surface area contributed by atoms with Crippen LogP contribution in [0.4, 0.5) is 15.8 Å². The van der Waals surface area contributed by atoms with Crippen LogP contribution < -0.4 is 11.1 Å². The quantitative estimate of drug-likeness (QED) is 0.842. The van der Waals surface area contributed by atoms with Crippen molar-refractivity contribution in [2.75, 3.05) is 17.7 Å². The van der Waals surface area contributed by atoms with Crippen LogP contribution in [-0.2, 0) is 4.74 Å². The predicted octanol–water partition coefficient (Wildman–Crippen LogP) is 2.94. The number of hydrogen-bond acceptors (Lipinski definition) is 4. The monoisotopic (exact) mass is 275 g/mol. The maximum Gasteiger partial charge on any atom is 0.150 e. The van der Waals surface area contributed by atoms with Crippen LogP contribution in [0.3, 0.4) is 0 Å². The summed E-state index contributed by atoms with van der Waals surface area (Å²) in [7, 11) is 0. The molecule has 0 amide bonds. The normalized spacial score (nSPS) is 21.7. The highest BCUT2D eigenvalue weighted by molar-refractivity contribution is 5.98. The Kier molecular flexibility index (Phi) is 3.44. The van der Waals surface area contributed by atoms with Crippen molar-refractivity contribution in [3.8, 4) is 0 Å². The summed E-state index contributed by atoms with van der Waals surface area (Å²) in [5.41, 5.74) is 7.28. The molecule has 0 radical (unpaired) electrons. The Morgan fingerprint density at radius 1 is 1.50 bits per heavy atom. The summed E-state index contributed by atoms with van der Waals surface area (Å²) in [6, 6.07) is 5.24. The Hall–Kier alpha value is -1.88. The van der Waals surface area contributed by atoms with Gasteiger partial charge in [-0.1, -0.05) is 0 Å². The first-order valence-electron chi connectivity index (χ1n) is 6.90. The van der Waals surface area contributed by atoms with E-state index in [2.05, 4.69) is 10.3 Å². The molecule has 0 unspecified atom stereocenters. The molecule has 0 atom stereocenters. The molecule has 1 aromatic heterocycles. The lowest BCUT2D eigenvalue weighted by molar-refractivity contribution is 0.00295. The Morgan fingerprint density at radius 3 is 3.05 bits per heavy atom. The van der Waals surface area contributed by atoms with Crippen LogP contribution in [-0.4, -0.2) is 23.7 Å². The van der Waals surface area contributed by atoms with Gasteiger partial charge in [0, 0.05) is 29.9 Å². The van der Waals surface area contributed by atoms with Crippen LogP contribution >= 0.6 is 0 Å². The molecule has 0 bridgehead atoms. The predicted molar refractivity (Wildman–Crippen MR) is 78.2 cm³/mol. The van der Waals surface area contributed by atoms with Gasteiger partial charge in [0.25, 0.3) is 0 Å². The van der Waals surface area contributed by atoms with E-state index >= 15 is 0 Å². The molecular weight excluding hydrogens is 257 g/mol. The largest absolute Gasteiger partial charge is 0.398 e. The van der Waals surface area contributed by atoms with Crippen molar-refractivity contribution in [3.05, 3.63) is 30.2 Å². The number of nitrogens with two attached hydrogens (primary N) is 1.